The number of anilines is 2. The fraction of sp³-hybridized carbons (Fsp3) is 0.304. The lowest BCUT2D eigenvalue weighted by atomic mass is 10.1. The molecule has 3 aromatic heterocycles. The standard InChI is InChI=1S/C23H26N8O/c1-16(2)31-22-20(15-25-31)27-21(28-22)17-3-5-19(6-4-17)29-11-13-30(14-12-29)23(32)26-18-7-9-24-10-8-18/h3-10,15-16H,11-14H2,1-2H3,(H,27,28)(H,24,26,32). The molecule has 0 aliphatic carbocycles. The van der Waals surface area contributed by atoms with Crippen molar-refractivity contribution in [1.29, 1.82) is 0 Å². The first-order valence-electron chi connectivity index (χ1n) is 10.8. The van der Waals surface area contributed by atoms with E-state index in [9.17, 15) is 4.79 Å². The van der Waals surface area contributed by atoms with E-state index in [0.29, 0.717) is 13.1 Å². The van der Waals surface area contributed by atoms with Gasteiger partial charge in [-0.1, -0.05) is 0 Å². The van der Waals surface area contributed by atoms with Gasteiger partial charge in [-0.25, -0.2) is 14.5 Å². The maximum absolute atomic E-state index is 12.5. The SMILES string of the molecule is CC(C)n1ncc2[nH]c(-c3ccc(N4CCN(C(=O)Nc5ccncc5)CC4)cc3)nc21. The summed E-state index contributed by atoms with van der Waals surface area (Å²) in [6, 6.07) is 12.2. The first-order chi connectivity index (χ1) is 15.6. The molecule has 1 aliphatic rings. The molecule has 9 heteroatoms. The number of rotatable bonds is 4. The fourth-order valence-corrected chi connectivity index (χ4v) is 3.97. The van der Waals surface area contributed by atoms with Crippen molar-refractivity contribution in [2.75, 3.05) is 36.4 Å². The summed E-state index contributed by atoms with van der Waals surface area (Å²) in [5, 5.41) is 7.31. The van der Waals surface area contributed by atoms with E-state index in [-0.39, 0.29) is 12.1 Å². The minimum absolute atomic E-state index is 0.0731. The molecule has 2 amide bonds. The molecule has 0 atom stereocenters. The van der Waals surface area contributed by atoms with Crippen LogP contribution in [0.15, 0.2) is 55.0 Å². The smallest absolute Gasteiger partial charge is 0.321 e. The molecule has 1 aromatic carbocycles. The first kappa shape index (κ1) is 20.0. The Kier molecular flexibility index (Phi) is 5.22. The van der Waals surface area contributed by atoms with E-state index in [1.54, 1.807) is 24.5 Å². The number of nitrogens with zero attached hydrogens (tertiary/aromatic N) is 6. The molecular weight excluding hydrogens is 404 g/mol. The highest BCUT2D eigenvalue weighted by atomic mass is 16.2. The maximum Gasteiger partial charge on any atom is 0.321 e. The summed E-state index contributed by atoms with van der Waals surface area (Å²) in [4.78, 5) is 28.7. The van der Waals surface area contributed by atoms with Gasteiger partial charge in [0.05, 0.1) is 6.20 Å². The largest absolute Gasteiger partial charge is 0.368 e. The van der Waals surface area contributed by atoms with E-state index >= 15 is 0 Å². The molecule has 0 saturated carbocycles. The van der Waals surface area contributed by atoms with E-state index in [2.05, 4.69) is 63.4 Å². The lowest BCUT2D eigenvalue weighted by Gasteiger charge is -2.36. The average Bonchev–Trinajstić information content (AvgIpc) is 3.41. The molecule has 0 spiro atoms. The molecular formula is C23H26N8O. The highest BCUT2D eigenvalue weighted by molar-refractivity contribution is 5.89. The topological polar surface area (TPSA) is 95.0 Å². The van der Waals surface area contributed by atoms with Gasteiger partial charge in [0, 0.05) is 61.6 Å². The van der Waals surface area contributed by atoms with Gasteiger partial charge >= 0.3 is 6.03 Å². The Labute approximate surface area is 186 Å². The Bertz CT molecular complexity index is 1200. The Morgan fingerprint density at radius 1 is 1.03 bits per heavy atom. The van der Waals surface area contributed by atoms with Crippen molar-refractivity contribution in [2.24, 2.45) is 0 Å². The number of pyridine rings is 1. The Balaban J connectivity index is 1.22. The number of piperazine rings is 1. The predicted octanol–water partition coefficient (Wildman–Crippen LogP) is 3.76. The van der Waals surface area contributed by atoms with Gasteiger partial charge in [0.15, 0.2) is 5.65 Å². The number of imidazole rings is 1. The molecule has 4 aromatic rings. The van der Waals surface area contributed by atoms with Crippen LogP contribution in [0.25, 0.3) is 22.6 Å². The van der Waals surface area contributed by atoms with Crippen molar-refractivity contribution in [3.05, 3.63) is 55.0 Å². The van der Waals surface area contributed by atoms with Gasteiger partial charge < -0.3 is 20.1 Å². The molecule has 32 heavy (non-hydrogen) atoms. The molecule has 2 N–H and O–H groups in total. The zero-order valence-electron chi connectivity index (χ0n) is 18.2. The number of carbonyl (C=O) groups is 1. The molecule has 0 radical (unpaired) electrons. The van der Waals surface area contributed by atoms with Crippen molar-refractivity contribution in [1.82, 2.24) is 29.6 Å². The van der Waals surface area contributed by atoms with E-state index in [0.717, 1.165) is 47.0 Å². The number of amides is 2. The van der Waals surface area contributed by atoms with Crippen molar-refractivity contribution in [3.8, 4) is 11.4 Å². The Morgan fingerprint density at radius 3 is 2.44 bits per heavy atom. The number of hydrogen-bond donors (Lipinski definition) is 2. The van der Waals surface area contributed by atoms with E-state index in [1.807, 2.05) is 15.8 Å². The van der Waals surface area contributed by atoms with Crippen LogP contribution in [0.1, 0.15) is 19.9 Å². The third kappa shape index (κ3) is 3.89. The Morgan fingerprint density at radius 2 is 1.75 bits per heavy atom. The minimum atomic E-state index is -0.0731. The van der Waals surface area contributed by atoms with Crippen LogP contribution in [-0.2, 0) is 0 Å². The maximum atomic E-state index is 12.5. The van der Waals surface area contributed by atoms with Gasteiger partial charge in [-0.3, -0.25) is 4.98 Å². The van der Waals surface area contributed by atoms with E-state index in [4.69, 9.17) is 4.98 Å². The summed E-state index contributed by atoms with van der Waals surface area (Å²) in [5.74, 6) is 0.843. The molecule has 4 heterocycles. The molecule has 1 aliphatic heterocycles. The van der Waals surface area contributed by atoms with Crippen LogP contribution in [0.4, 0.5) is 16.2 Å². The van der Waals surface area contributed by atoms with Crippen LogP contribution in [0, 0.1) is 0 Å². The van der Waals surface area contributed by atoms with Crippen molar-refractivity contribution >= 4 is 28.6 Å². The molecule has 164 valence electrons. The highest BCUT2D eigenvalue weighted by Gasteiger charge is 2.21. The minimum Gasteiger partial charge on any atom is -0.368 e. The number of H-pyrrole nitrogens is 1. The number of nitrogens with one attached hydrogen (secondary N) is 2. The molecule has 0 unspecified atom stereocenters. The van der Waals surface area contributed by atoms with Crippen LogP contribution in [0.2, 0.25) is 0 Å². The average molecular weight is 431 g/mol. The molecule has 1 fully saturated rings. The molecule has 1 saturated heterocycles. The summed E-state index contributed by atoms with van der Waals surface area (Å²) in [5.41, 5.74) is 4.76. The summed E-state index contributed by atoms with van der Waals surface area (Å²) in [7, 11) is 0. The zero-order chi connectivity index (χ0) is 22.1. The van der Waals surface area contributed by atoms with Crippen LogP contribution >= 0.6 is 0 Å². The van der Waals surface area contributed by atoms with Gasteiger partial charge in [0.1, 0.15) is 11.3 Å². The number of fused-ring (bicyclic) bond motifs is 1. The summed E-state index contributed by atoms with van der Waals surface area (Å²) >= 11 is 0. The third-order valence-corrected chi connectivity index (χ3v) is 5.73. The number of aromatic amines is 1. The summed E-state index contributed by atoms with van der Waals surface area (Å²) < 4.78 is 1.92. The zero-order valence-corrected chi connectivity index (χ0v) is 18.2. The number of aromatic nitrogens is 5. The van der Waals surface area contributed by atoms with Gasteiger partial charge in [0.25, 0.3) is 0 Å². The summed E-state index contributed by atoms with van der Waals surface area (Å²) in [6.45, 7) is 7.12. The second-order valence-corrected chi connectivity index (χ2v) is 8.19. The fourth-order valence-electron chi connectivity index (χ4n) is 3.97. The van der Waals surface area contributed by atoms with Crippen LogP contribution in [0.3, 0.4) is 0 Å². The molecule has 0 bridgehead atoms. The van der Waals surface area contributed by atoms with Crippen molar-refractivity contribution in [2.45, 2.75) is 19.9 Å². The monoisotopic (exact) mass is 430 g/mol. The lowest BCUT2D eigenvalue weighted by Crippen LogP contribution is -2.50. The normalized spacial score (nSPS) is 14.3. The van der Waals surface area contributed by atoms with E-state index < -0.39 is 0 Å². The number of hydrogen-bond acceptors (Lipinski definition) is 5. The van der Waals surface area contributed by atoms with Gasteiger partial charge in [-0.15, -0.1) is 0 Å². The predicted molar refractivity (Wildman–Crippen MR) is 125 cm³/mol. The van der Waals surface area contributed by atoms with Gasteiger partial charge in [0.2, 0.25) is 0 Å². The number of benzene rings is 1. The van der Waals surface area contributed by atoms with Crippen LogP contribution < -0.4 is 10.2 Å². The van der Waals surface area contributed by atoms with Crippen molar-refractivity contribution in [3.63, 3.8) is 0 Å². The number of urea groups is 1. The first-order valence-corrected chi connectivity index (χ1v) is 10.8. The second kappa shape index (κ2) is 8.33. The van der Waals surface area contributed by atoms with Gasteiger partial charge in [-0.2, -0.15) is 5.10 Å². The Hall–Kier alpha value is -3.88. The quantitative estimate of drug-likeness (QED) is 0.514. The second-order valence-electron chi connectivity index (χ2n) is 8.19. The lowest BCUT2D eigenvalue weighted by molar-refractivity contribution is 0.208. The number of carbonyl (C=O) groups excluding carboxylic acids is 1. The van der Waals surface area contributed by atoms with E-state index in [1.165, 1.54) is 0 Å². The van der Waals surface area contributed by atoms with Gasteiger partial charge in [-0.05, 0) is 50.2 Å². The third-order valence-electron chi connectivity index (χ3n) is 5.73. The van der Waals surface area contributed by atoms with Crippen LogP contribution in [-0.4, -0.2) is 61.8 Å². The molecule has 9 nitrogen and oxygen atoms in total. The van der Waals surface area contributed by atoms with Crippen LogP contribution in [0.5, 0.6) is 0 Å². The highest BCUT2D eigenvalue weighted by Crippen LogP contribution is 2.25. The summed E-state index contributed by atoms with van der Waals surface area (Å²) in [6.07, 6.45) is 5.16. The molecule has 5 rings (SSSR count). The van der Waals surface area contributed by atoms with Crippen molar-refractivity contribution < 1.29 is 4.79 Å².